The Morgan fingerprint density at radius 1 is 1.27 bits per heavy atom. The molecule has 1 aromatic carbocycles. The van der Waals surface area contributed by atoms with Crippen LogP contribution in [0.5, 0.6) is 0 Å². The fourth-order valence-corrected chi connectivity index (χ4v) is 3.92. The number of halogens is 1. The van der Waals surface area contributed by atoms with Gasteiger partial charge in [0.15, 0.2) is 5.96 Å². The number of guanidine groups is 1. The number of hydrogen-bond donors (Lipinski definition) is 2. The quantitative estimate of drug-likeness (QED) is 0.267. The second kappa shape index (κ2) is 13.2. The van der Waals surface area contributed by atoms with Crippen LogP contribution >= 0.6 is 35.7 Å². The summed E-state index contributed by atoms with van der Waals surface area (Å²) in [4.78, 5) is 19.1. The molecule has 1 heterocycles. The zero-order valence-corrected chi connectivity index (χ0v) is 18.9. The molecule has 0 spiro atoms. The molecule has 146 valence electrons. The summed E-state index contributed by atoms with van der Waals surface area (Å²) >= 11 is 2.06. The summed E-state index contributed by atoms with van der Waals surface area (Å²) in [6, 6.07) is 9.32. The van der Waals surface area contributed by atoms with Crippen molar-refractivity contribution in [2.24, 2.45) is 4.99 Å². The van der Waals surface area contributed by atoms with E-state index in [1.807, 2.05) is 30.3 Å². The average molecular weight is 490 g/mol. The first-order valence-corrected chi connectivity index (χ1v) is 10.3. The van der Waals surface area contributed by atoms with Crippen LogP contribution in [0.25, 0.3) is 0 Å². The fourth-order valence-electron chi connectivity index (χ4n) is 2.74. The molecule has 0 radical (unpaired) electrons. The fraction of sp³-hybridized carbons (Fsp3) is 0.579. The molecule has 1 aromatic rings. The van der Waals surface area contributed by atoms with E-state index in [0.29, 0.717) is 17.4 Å². The molecule has 1 saturated heterocycles. The first-order valence-electron chi connectivity index (χ1n) is 9.22. The van der Waals surface area contributed by atoms with E-state index >= 15 is 0 Å². The monoisotopic (exact) mass is 490 g/mol. The SMILES string of the molecule is CCNC(=NCCCNC(=O)c1ccccc1)N1CCSC(CC)C1.I. The lowest BCUT2D eigenvalue weighted by Crippen LogP contribution is -2.48. The standard InChI is InChI=1S/C19H30N4OS.HI/c1-3-17-15-23(13-14-25-17)19(20-4-2)22-12-8-11-21-18(24)16-9-6-5-7-10-16;/h5-7,9-10,17H,3-4,8,11-15H2,1-2H3,(H,20,22)(H,21,24);1H. The van der Waals surface area contributed by atoms with Gasteiger partial charge in [-0.05, 0) is 31.9 Å². The number of nitrogens with zero attached hydrogens (tertiary/aromatic N) is 2. The number of rotatable bonds is 7. The molecule has 0 bridgehead atoms. The molecule has 2 rings (SSSR count). The number of carbonyl (C=O) groups is 1. The van der Waals surface area contributed by atoms with Crippen molar-refractivity contribution in [1.29, 1.82) is 0 Å². The van der Waals surface area contributed by atoms with Gasteiger partial charge < -0.3 is 15.5 Å². The van der Waals surface area contributed by atoms with Gasteiger partial charge in [0.1, 0.15) is 0 Å². The molecule has 0 aromatic heterocycles. The highest BCUT2D eigenvalue weighted by Gasteiger charge is 2.21. The summed E-state index contributed by atoms with van der Waals surface area (Å²) in [5.41, 5.74) is 0.704. The number of thioether (sulfide) groups is 1. The Morgan fingerprint density at radius 3 is 2.73 bits per heavy atom. The van der Waals surface area contributed by atoms with Gasteiger partial charge in [0, 0.05) is 49.3 Å². The third-order valence-corrected chi connectivity index (χ3v) is 5.52. The normalized spacial score (nSPS) is 17.4. The predicted molar refractivity (Wildman–Crippen MR) is 123 cm³/mol. The summed E-state index contributed by atoms with van der Waals surface area (Å²) in [5.74, 6) is 2.15. The Morgan fingerprint density at radius 2 is 2.04 bits per heavy atom. The summed E-state index contributed by atoms with van der Waals surface area (Å²) in [6.07, 6.45) is 2.04. The summed E-state index contributed by atoms with van der Waals surface area (Å²) in [6.45, 7) is 8.72. The Bertz CT molecular complexity index is 556. The van der Waals surface area contributed by atoms with Gasteiger partial charge in [-0.15, -0.1) is 24.0 Å². The maximum absolute atomic E-state index is 12.0. The lowest BCUT2D eigenvalue weighted by molar-refractivity contribution is 0.0953. The molecule has 7 heteroatoms. The van der Waals surface area contributed by atoms with E-state index in [2.05, 4.69) is 41.1 Å². The van der Waals surface area contributed by atoms with Gasteiger partial charge in [0.2, 0.25) is 0 Å². The van der Waals surface area contributed by atoms with Crippen LogP contribution < -0.4 is 10.6 Å². The number of amides is 1. The maximum atomic E-state index is 12.0. The smallest absolute Gasteiger partial charge is 0.251 e. The summed E-state index contributed by atoms with van der Waals surface area (Å²) in [7, 11) is 0. The molecular weight excluding hydrogens is 459 g/mol. The van der Waals surface area contributed by atoms with Crippen LogP contribution in [0.3, 0.4) is 0 Å². The van der Waals surface area contributed by atoms with Crippen molar-refractivity contribution in [3.05, 3.63) is 35.9 Å². The van der Waals surface area contributed by atoms with Crippen molar-refractivity contribution >= 4 is 47.6 Å². The largest absolute Gasteiger partial charge is 0.357 e. The van der Waals surface area contributed by atoms with E-state index in [0.717, 1.165) is 44.3 Å². The van der Waals surface area contributed by atoms with E-state index in [1.165, 1.54) is 6.42 Å². The number of nitrogens with one attached hydrogen (secondary N) is 2. The van der Waals surface area contributed by atoms with Gasteiger partial charge in [-0.2, -0.15) is 11.8 Å². The molecule has 1 amide bonds. The predicted octanol–water partition coefficient (Wildman–Crippen LogP) is 3.22. The highest BCUT2D eigenvalue weighted by molar-refractivity contribution is 14.0. The number of hydrogen-bond acceptors (Lipinski definition) is 3. The Hall–Kier alpha value is -0.960. The molecule has 0 aliphatic carbocycles. The molecular formula is C19H31IN4OS. The zero-order valence-electron chi connectivity index (χ0n) is 15.7. The van der Waals surface area contributed by atoms with Crippen molar-refractivity contribution in [1.82, 2.24) is 15.5 Å². The van der Waals surface area contributed by atoms with Crippen molar-refractivity contribution in [2.45, 2.75) is 31.9 Å². The van der Waals surface area contributed by atoms with Gasteiger partial charge >= 0.3 is 0 Å². The molecule has 2 N–H and O–H groups in total. The molecule has 26 heavy (non-hydrogen) atoms. The van der Waals surface area contributed by atoms with E-state index in [1.54, 1.807) is 0 Å². The third-order valence-electron chi connectivity index (χ3n) is 4.15. The molecule has 1 aliphatic heterocycles. The summed E-state index contributed by atoms with van der Waals surface area (Å²) in [5, 5.41) is 7.05. The van der Waals surface area contributed by atoms with Crippen LogP contribution in [0.1, 0.15) is 37.0 Å². The molecule has 1 fully saturated rings. The van der Waals surface area contributed by atoms with Crippen LogP contribution in [-0.4, -0.2) is 60.5 Å². The number of benzene rings is 1. The Kier molecular flexibility index (Phi) is 11.8. The second-order valence-electron chi connectivity index (χ2n) is 6.06. The molecule has 1 aliphatic rings. The minimum Gasteiger partial charge on any atom is -0.357 e. The highest BCUT2D eigenvalue weighted by Crippen LogP contribution is 2.21. The van der Waals surface area contributed by atoms with Crippen molar-refractivity contribution in [3.63, 3.8) is 0 Å². The topological polar surface area (TPSA) is 56.7 Å². The van der Waals surface area contributed by atoms with Crippen molar-refractivity contribution < 1.29 is 4.79 Å². The number of aliphatic imine (C=N–C) groups is 1. The van der Waals surface area contributed by atoms with E-state index < -0.39 is 0 Å². The van der Waals surface area contributed by atoms with Gasteiger partial charge in [0.25, 0.3) is 5.91 Å². The highest BCUT2D eigenvalue weighted by atomic mass is 127. The van der Waals surface area contributed by atoms with Gasteiger partial charge in [-0.3, -0.25) is 9.79 Å². The van der Waals surface area contributed by atoms with Crippen molar-refractivity contribution in [2.75, 3.05) is 38.5 Å². The first kappa shape index (κ1) is 23.1. The van der Waals surface area contributed by atoms with Crippen LogP contribution in [0.4, 0.5) is 0 Å². The van der Waals surface area contributed by atoms with Crippen LogP contribution in [-0.2, 0) is 0 Å². The third kappa shape index (κ3) is 7.73. The lowest BCUT2D eigenvalue weighted by atomic mass is 10.2. The minimum absolute atomic E-state index is 0. The Balaban J connectivity index is 0.00000338. The zero-order chi connectivity index (χ0) is 17.9. The second-order valence-corrected chi connectivity index (χ2v) is 7.47. The molecule has 5 nitrogen and oxygen atoms in total. The van der Waals surface area contributed by atoms with Gasteiger partial charge in [-0.1, -0.05) is 25.1 Å². The molecule has 1 unspecified atom stereocenters. The maximum Gasteiger partial charge on any atom is 0.251 e. The first-order chi connectivity index (χ1) is 12.2. The molecule has 1 atom stereocenters. The van der Waals surface area contributed by atoms with E-state index in [-0.39, 0.29) is 29.9 Å². The van der Waals surface area contributed by atoms with Crippen LogP contribution in [0.15, 0.2) is 35.3 Å². The van der Waals surface area contributed by atoms with Crippen molar-refractivity contribution in [3.8, 4) is 0 Å². The minimum atomic E-state index is -0.0182. The van der Waals surface area contributed by atoms with Gasteiger partial charge in [0.05, 0.1) is 0 Å². The van der Waals surface area contributed by atoms with Crippen LogP contribution in [0, 0.1) is 0 Å². The lowest BCUT2D eigenvalue weighted by Gasteiger charge is -2.34. The van der Waals surface area contributed by atoms with Crippen LogP contribution in [0.2, 0.25) is 0 Å². The van der Waals surface area contributed by atoms with Gasteiger partial charge in [-0.25, -0.2) is 0 Å². The average Bonchev–Trinajstić information content (AvgIpc) is 2.67. The molecule has 0 saturated carbocycles. The van der Waals surface area contributed by atoms with E-state index in [9.17, 15) is 4.79 Å². The number of carbonyl (C=O) groups excluding carboxylic acids is 1. The van der Waals surface area contributed by atoms with E-state index in [4.69, 9.17) is 4.99 Å². The summed E-state index contributed by atoms with van der Waals surface area (Å²) < 4.78 is 0. The Labute approximate surface area is 178 Å².